The van der Waals surface area contributed by atoms with Crippen LogP contribution in [0.4, 0.5) is 5.69 Å². The highest BCUT2D eigenvalue weighted by Gasteiger charge is 2.13. The fourth-order valence-electron chi connectivity index (χ4n) is 2.49. The zero-order chi connectivity index (χ0) is 19.8. The molecule has 2 aromatic rings. The largest absolute Gasteiger partial charge is 0.497 e. The van der Waals surface area contributed by atoms with E-state index in [2.05, 4.69) is 10.6 Å². The van der Waals surface area contributed by atoms with Crippen molar-refractivity contribution in [2.24, 2.45) is 0 Å². The number of thiocarbonyl (C=S) groups is 1. The summed E-state index contributed by atoms with van der Waals surface area (Å²) in [6.45, 7) is 0.473. The minimum Gasteiger partial charge on any atom is -0.497 e. The second-order valence-electron chi connectivity index (χ2n) is 5.41. The molecule has 0 heterocycles. The standard InChI is InChI=1S/C19H24N2O5S/c1-22-13-6-7-14(15(10-13)23-2)21-19(27)20-11-12-8-16(24-3)18(26-5)17(9-12)25-4/h6-10H,11H2,1-5H3,(H2,20,21,27). The number of anilines is 1. The minimum absolute atomic E-state index is 0.451. The predicted molar refractivity (Wildman–Crippen MR) is 109 cm³/mol. The topological polar surface area (TPSA) is 70.2 Å². The van der Waals surface area contributed by atoms with Crippen LogP contribution in [0.25, 0.3) is 0 Å². The van der Waals surface area contributed by atoms with Crippen LogP contribution >= 0.6 is 12.2 Å². The SMILES string of the molecule is COc1ccc(NC(=S)NCc2cc(OC)c(OC)c(OC)c2)c(OC)c1. The Labute approximate surface area is 164 Å². The molecule has 2 N–H and O–H groups in total. The number of rotatable bonds is 8. The Morgan fingerprint density at radius 2 is 1.44 bits per heavy atom. The number of ether oxygens (including phenoxy) is 5. The number of hydrogen-bond acceptors (Lipinski definition) is 6. The molecule has 0 saturated heterocycles. The molecule has 0 bridgehead atoms. The first-order chi connectivity index (χ1) is 13.1. The number of benzene rings is 2. The summed E-state index contributed by atoms with van der Waals surface area (Å²) in [7, 11) is 7.92. The highest BCUT2D eigenvalue weighted by molar-refractivity contribution is 7.80. The molecule has 0 aromatic heterocycles. The highest BCUT2D eigenvalue weighted by atomic mass is 32.1. The van der Waals surface area contributed by atoms with E-state index in [-0.39, 0.29) is 0 Å². The van der Waals surface area contributed by atoms with Crippen LogP contribution in [-0.2, 0) is 6.54 Å². The van der Waals surface area contributed by atoms with E-state index in [9.17, 15) is 0 Å². The van der Waals surface area contributed by atoms with Crippen molar-refractivity contribution < 1.29 is 23.7 Å². The molecular formula is C19H24N2O5S. The molecular weight excluding hydrogens is 368 g/mol. The molecule has 0 spiro atoms. The Hall–Kier alpha value is -2.87. The van der Waals surface area contributed by atoms with Gasteiger partial charge < -0.3 is 34.3 Å². The number of hydrogen-bond donors (Lipinski definition) is 2. The van der Waals surface area contributed by atoms with Crippen molar-refractivity contribution in [2.45, 2.75) is 6.54 Å². The van der Waals surface area contributed by atoms with Crippen molar-refractivity contribution in [3.8, 4) is 28.7 Å². The molecule has 0 radical (unpaired) electrons. The molecule has 2 aromatic carbocycles. The lowest BCUT2D eigenvalue weighted by atomic mass is 10.2. The van der Waals surface area contributed by atoms with E-state index in [1.807, 2.05) is 24.3 Å². The van der Waals surface area contributed by atoms with E-state index in [0.717, 1.165) is 11.3 Å². The lowest BCUT2D eigenvalue weighted by molar-refractivity contribution is 0.323. The van der Waals surface area contributed by atoms with Gasteiger partial charge in [0, 0.05) is 12.6 Å². The van der Waals surface area contributed by atoms with Crippen LogP contribution in [0.2, 0.25) is 0 Å². The van der Waals surface area contributed by atoms with Gasteiger partial charge in [0.05, 0.1) is 41.2 Å². The summed E-state index contributed by atoms with van der Waals surface area (Å²) in [5, 5.41) is 6.72. The van der Waals surface area contributed by atoms with Gasteiger partial charge in [-0.15, -0.1) is 0 Å². The lowest BCUT2D eigenvalue weighted by Gasteiger charge is -2.16. The normalized spacial score (nSPS) is 9.96. The van der Waals surface area contributed by atoms with Crippen LogP contribution < -0.4 is 34.3 Å². The summed E-state index contributed by atoms with van der Waals surface area (Å²) >= 11 is 5.38. The monoisotopic (exact) mass is 392 g/mol. The summed E-state index contributed by atoms with van der Waals surface area (Å²) in [6.07, 6.45) is 0. The van der Waals surface area contributed by atoms with Gasteiger partial charge in [0.15, 0.2) is 16.6 Å². The molecule has 0 aliphatic rings. The second-order valence-corrected chi connectivity index (χ2v) is 5.82. The zero-order valence-corrected chi connectivity index (χ0v) is 16.9. The van der Waals surface area contributed by atoms with E-state index in [1.54, 1.807) is 41.6 Å². The van der Waals surface area contributed by atoms with Crippen molar-refractivity contribution >= 4 is 23.0 Å². The third-order valence-electron chi connectivity index (χ3n) is 3.83. The Morgan fingerprint density at radius 3 is 1.96 bits per heavy atom. The second kappa shape index (κ2) is 9.72. The third-order valence-corrected chi connectivity index (χ3v) is 4.08. The summed E-state index contributed by atoms with van der Waals surface area (Å²) in [5.74, 6) is 3.06. The fraction of sp³-hybridized carbons (Fsp3) is 0.316. The molecule has 146 valence electrons. The maximum atomic E-state index is 5.38. The molecule has 8 heteroatoms. The van der Waals surface area contributed by atoms with Gasteiger partial charge in [-0.1, -0.05) is 0 Å². The van der Waals surface area contributed by atoms with Crippen molar-refractivity contribution in [2.75, 3.05) is 40.9 Å². The van der Waals surface area contributed by atoms with Crippen LogP contribution in [0, 0.1) is 0 Å². The summed E-state index contributed by atoms with van der Waals surface area (Å²) in [5.41, 5.74) is 1.66. The maximum absolute atomic E-state index is 5.38. The Kier molecular flexibility index (Phi) is 7.36. The highest BCUT2D eigenvalue weighted by Crippen LogP contribution is 2.38. The van der Waals surface area contributed by atoms with Gasteiger partial charge >= 0.3 is 0 Å². The molecule has 0 unspecified atom stereocenters. The zero-order valence-electron chi connectivity index (χ0n) is 16.0. The Balaban J connectivity index is 2.08. The van der Waals surface area contributed by atoms with E-state index in [1.165, 1.54) is 0 Å². The summed E-state index contributed by atoms with van der Waals surface area (Å²) in [4.78, 5) is 0. The first kappa shape index (κ1) is 20.4. The minimum atomic E-state index is 0.451. The lowest BCUT2D eigenvalue weighted by Crippen LogP contribution is -2.28. The fourth-order valence-corrected chi connectivity index (χ4v) is 2.67. The van der Waals surface area contributed by atoms with Crippen LogP contribution in [-0.4, -0.2) is 40.7 Å². The van der Waals surface area contributed by atoms with E-state index in [4.69, 9.17) is 35.9 Å². The van der Waals surface area contributed by atoms with Crippen molar-refractivity contribution in [3.63, 3.8) is 0 Å². The van der Waals surface area contributed by atoms with Gasteiger partial charge in [-0.2, -0.15) is 0 Å². The van der Waals surface area contributed by atoms with Gasteiger partial charge in [-0.05, 0) is 42.0 Å². The van der Waals surface area contributed by atoms with Gasteiger partial charge in [0.2, 0.25) is 5.75 Å². The predicted octanol–water partition coefficient (Wildman–Crippen LogP) is 3.22. The molecule has 2 rings (SSSR count). The summed E-state index contributed by atoms with van der Waals surface area (Å²) < 4.78 is 26.6. The number of methoxy groups -OCH3 is 5. The van der Waals surface area contributed by atoms with E-state index in [0.29, 0.717) is 40.4 Å². The molecule has 0 amide bonds. The molecule has 27 heavy (non-hydrogen) atoms. The van der Waals surface area contributed by atoms with Crippen LogP contribution in [0.3, 0.4) is 0 Å². The van der Waals surface area contributed by atoms with Crippen LogP contribution in [0.1, 0.15) is 5.56 Å². The molecule has 0 saturated carbocycles. The average molecular weight is 392 g/mol. The van der Waals surface area contributed by atoms with Gasteiger partial charge in [0.1, 0.15) is 11.5 Å². The molecule has 0 fully saturated rings. The first-order valence-electron chi connectivity index (χ1n) is 8.12. The van der Waals surface area contributed by atoms with Crippen LogP contribution in [0.15, 0.2) is 30.3 Å². The Morgan fingerprint density at radius 1 is 0.815 bits per heavy atom. The molecule has 0 aliphatic heterocycles. The van der Waals surface area contributed by atoms with Crippen molar-refractivity contribution in [3.05, 3.63) is 35.9 Å². The molecule has 0 atom stereocenters. The molecule has 7 nitrogen and oxygen atoms in total. The van der Waals surface area contributed by atoms with Crippen LogP contribution in [0.5, 0.6) is 28.7 Å². The quantitative estimate of drug-likeness (QED) is 0.664. The smallest absolute Gasteiger partial charge is 0.203 e. The van der Waals surface area contributed by atoms with E-state index < -0.39 is 0 Å². The Bertz CT molecular complexity index is 773. The first-order valence-corrected chi connectivity index (χ1v) is 8.52. The number of nitrogens with one attached hydrogen (secondary N) is 2. The van der Waals surface area contributed by atoms with Gasteiger partial charge in [-0.25, -0.2) is 0 Å². The van der Waals surface area contributed by atoms with Crippen molar-refractivity contribution in [1.82, 2.24) is 5.32 Å². The summed E-state index contributed by atoms with van der Waals surface area (Å²) in [6, 6.07) is 9.18. The third kappa shape index (κ3) is 5.07. The maximum Gasteiger partial charge on any atom is 0.203 e. The van der Waals surface area contributed by atoms with Gasteiger partial charge in [-0.3, -0.25) is 0 Å². The molecule has 0 aliphatic carbocycles. The van der Waals surface area contributed by atoms with Crippen molar-refractivity contribution in [1.29, 1.82) is 0 Å². The van der Waals surface area contributed by atoms with E-state index >= 15 is 0 Å². The average Bonchev–Trinajstić information content (AvgIpc) is 2.71. The van der Waals surface area contributed by atoms with Gasteiger partial charge in [0.25, 0.3) is 0 Å².